The van der Waals surface area contributed by atoms with Crippen molar-refractivity contribution in [3.63, 3.8) is 0 Å². The summed E-state index contributed by atoms with van der Waals surface area (Å²) in [4.78, 5) is 0. The van der Waals surface area contributed by atoms with Crippen LogP contribution in [0.3, 0.4) is 0 Å². The zero-order chi connectivity index (χ0) is 10.1. The van der Waals surface area contributed by atoms with E-state index in [4.69, 9.17) is 15.7 Å². The van der Waals surface area contributed by atoms with Gasteiger partial charge in [0, 0.05) is 12.8 Å². The summed E-state index contributed by atoms with van der Waals surface area (Å²) in [5, 5.41) is 9.03. The topological polar surface area (TPSA) is 59.0 Å². The standard InChI is InChI=1S/C10H16N2OS/c11-8-9(12)1-4-13-10(7-9)2-5-14-6-3-10/h1-7,12H2. The molecule has 2 N–H and O–H groups in total. The first kappa shape index (κ1) is 10.3. The highest BCUT2D eigenvalue weighted by molar-refractivity contribution is 7.99. The highest BCUT2D eigenvalue weighted by atomic mass is 32.2. The normalized spacial score (nSPS) is 36.6. The van der Waals surface area contributed by atoms with Crippen LogP contribution in [0.2, 0.25) is 0 Å². The van der Waals surface area contributed by atoms with Crippen molar-refractivity contribution in [2.24, 2.45) is 5.73 Å². The predicted molar refractivity (Wildman–Crippen MR) is 57.0 cm³/mol. The lowest BCUT2D eigenvalue weighted by molar-refractivity contribution is -0.0991. The van der Waals surface area contributed by atoms with Crippen LogP contribution in [0, 0.1) is 11.3 Å². The van der Waals surface area contributed by atoms with Crippen molar-refractivity contribution >= 4 is 11.8 Å². The van der Waals surface area contributed by atoms with Crippen LogP contribution >= 0.6 is 11.8 Å². The summed E-state index contributed by atoms with van der Waals surface area (Å²) >= 11 is 1.97. The van der Waals surface area contributed by atoms with Gasteiger partial charge in [0.05, 0.1) is 18.3 Å². The van der Waals surface area contributed by atoms with Crippen LogP contribution < -0.4 is 5.73 Å². The second kappa shape index (κ2) is 3.73. The van der Waals surface area contributed by atoms with Crippen LogP contribution in [0.25, 0.3) is 0 Å². The lowest BCUT2D eigenvalue weighted by Gasteiger charge is -2.45. The summed E-state index contributed by atoms with van der Waals surface area (Å²) in [7, 11) is 0. The first-order valence-corrected chi connectivity index (χ1v) is 6.25. The van der Waals surface area contributed by atoms with Gasteiger partial charge in [0.15, 0.2) is 0 Å². The van der Waals surface area contributed by atoms with Crippen molar-refractivity contribution in [1.29, 1.82) is 5.26 Å². The van der Waals surface area contributed by atoms with Gasteiger partial charge in [-0.25, -0.2) is 0 Å². The maximum atomic E-state index is 9.03. The van der Waals surface area contributed by atoms with Gasteiger partial charge in [-0.2, -0.15) is 17.0 Å². The van der Waals surface area contributed by atoms with Gasteiger partial charge in [0.2, 0.25) is 0 Å². The van der Waals surface area contributed by atoms with Gasteiger partial charge in [-0.05, 0) is 24.3 Å². The van der Waals surface area contributed by atoms with Gasteiger partial charge in [-0.15, -0.1) is 0 Å². The molecule has 1 unspecified atom stereocenters. The van der Waals surface area contributed by atoms with Crippen LogP contribution in [-0.4, -0.2) is 29.3 Å². The summed E-state index contributed by atoms with van der Waals surface area (Å²) in [6, 6.07) is 2.24. The SMILES string of the molecule is N#CC1(N)CCOC2(CCSCC2)C1. The van der Waals surface area contributed by atoms with E-state index in [1.165, 1.54) is 0 Å². The van der Waals surface area contributed by atoms with Gasteiger partial charge in [0.1, 0.15) is 5.54 Å². The van der Waals surface area contributed by atoms with E-state index in [9.17, 15) is 0 Å². The average Bonchev–Trinajstić information content (AvgIpc) is 2.19. The summed E-state index contributed by atoms with van der Waals surface area (Å²) in [6.45, 7) is 0.648. The second-order valence-corrected chi connectivity index (χ2v) is 5.56. The fourth-order valence-electron chi connectivity index (χ4n) is 2.32. The minimum Gasteiger partial charge on any atom is -0.375 e. The van der Waals surface area contributed by atoms with Gasteiger partial charge < -0.3 is 10.5 Å². The first-order chi connectivity index (χ1) is 6.68. The van der Waals surface area contributed by atoms with Crippen molar-refractivity contribution < 1.29 is 4.74 Å². The first-order valence-electron chi connectivity index (χ1n) is 5.10. The number of hydrogen-bond acceptors (Lipinski definition) is 4. The molecule has 14 heavy (non-hydrogen) atoms. The molecule has 0 aliphatic carbocycles. The summed E-state index contributed by atoms with van der Waals surface area (Å²) in [5.74, 6) is 2.28. The lowest BCUT2D eigenvalue weighted by atomic mass is 9.78. The molecule has 4 heteroatoms. The third kappa shape index (κ3) is 1.90. The van der Waals surface area contributed by atoms with E-state index in [-0.39, 0.29) is 5.60 Å². The quantitative estimate of drug-likeness (QED) is 0.657. The van der Waals surface area contributed by atoms with Gasteiger partial charge >= 0.3 is 0 Å². The molecule has 0 aromatic rings. The molecular formula is C10H16N2OS. The third-order valence-electron chi connectivity index (χ3n) is 3.22. The third-order valence-corrected chi connectivity index (χ3v) is 4.21. The molecule has 0 saturated carbocycles. The molecule has 0 aromatic carbocycles. The molecule has 2 aliphatic heterocycles. The van der Waals surface area contributed by atoms with Crippen molar-refractivity contribution in [2.45, 2.75) is 36.8 Å². The molecule has 2 saturated heterocycles. The zero-order valence-electron chi connectivity index (χ0n) is 8.29. The van der Waals surface area contributed by atoms with E-state index in [0.717, 1.165) is 30.8 Å². The summed E-state index contributed by atoms with van der Waals surface area (Å²) in [5.41, 5.74) is 5.30. The minimum atomic E-state index is -0.639. The molecule has 1 spiro atoms. The summed E-state index contributed by atoms with van der Waals surface area (Å²) < 4.78 is 5.86. The Bertz CT molecular complexity index is 252. The van der Waals surface area contributed by atoms with Crippen LogP contribution in [0.15, 0.2) is 0 Å². The zero-order valence-corrected chi connectivity index (χ0v) is 9.11. The minimum absolute atomic E-state index is 0.0754. The Morgan fingerprint density at radius 2 is 2.00 bits per heavy atom. The van der Waals surface area contributed by atoms with Gasteiger partial charge in [-0.3, -0.25) is 0 Å². The molecule has 0 amide bonds. The molecular weight excluding hydrogens is 196 g/mol. The molecule has 2 heterocycles. The molecule has 2 rings (SSSR count). The largest absolute Gasteiger partial charge is 0.375 e. The fraction of sp³-hybridized carbons (Fsp3) is 0.900. The Morgan fingerprint density at radius 3 is 2.64 bits per heavy atom. The number of ether oxygens (including phenoxy) is 1. The molecule has 2 aliphatic rings. The maximum Gasteiger partial charge on any atom is 0.109 e. The van der Waals surface area contributed by atoms with Crippen molar-refractivity contribution in [3.8, 4) is 6.07 Å². The smallest absolute Gasteiger partial charge is 0.109 e. The van der Waals surface area contributed by atoms with E-state index in [2.05, 4.69) is 6.07 Å². The summed E-state index contributed by atoms with van der Waals surface area (Å²) in [6.07, 6.45) is 3.51. The number of nitriles is 1. The number of rotatable bonds is 0. The van der Waals surface area contributed by atoms with Crippen molar-refractivity contribution in [3.05, 3.63) is 0 Å². The van der Waals surface area contributed by atoms with Crippen LogP contribution in [0.5, 0.6) is 0 Å². The average molecular weight is 212 g/mol. The highest BCUT2D eigenvalue weighted by Gasteiger charge is 2.44. The van der Waals surface area contributed by atoms with E-state index in [1.807, 2.05) is 11.8 Å². The molecule has 0 bridgehead atoms. The van der Waals surface area contributed by atoms with E-state index in [1.54, 1.807) is 0 Å². The Labute approximate surface area is 89.0 Å². The van der Waals surface area contributed by atoms with E-state index in [0.29, 0.717) is 13.0 Å². The molecule has 0 aromatic heterocycles. The molecule has 2 fully saturated rings. The van der Waals surface area contributed by atoms with Gasteiger partial charge in [-0.1, -0.05) is 0 Å². The van der Waals surface area contributed by atoms with Crippen LogP contribution in [0.1, 0.15) is 25.7 Å². The van der Waals surface area contributed by atoms with Crippen LogP contribution in [-0.2, 0) is 4.74 Å². The molecule has 3 nitrogen and oxygen atoms in total. The monoisotopic (exact) mass is 212 g/mol. The number of nitrogens with zero attached hydrogens (tertiary/aromatic N) is 1. The van der Waals surface area contributed by atoms with Crippen molar-refractivity contribution in [1.82, 2.24) is 0 Å². The van der Waals surface area contributed by atoms with Crippen LogP contribution in [0.4, 0.5) is 0 Å². The van der Waals surface area contributed by atoms with E-state index < -0.39 is 5.54 Å². The number of hydrogen-bond donors (Lipinski definition) is 1. The maximum absolute atomic E-state index is 9.03. The molecule has 78 valence electrons. The lowest BCUT2D eigenvalue weighted by Crippen LogP contribution is -2.54. The Morgan fingerprint density at radius 1 is 1.29 bits per heavy atom. The molecule has 1 atom stereocenters. The fourth-order valence-corrected chi connectivity index (χ4v) is 3.56. The van der Waals surface area contributed by atoms with Crippen molar-refractivity contribution in [2.75, 3.05) is 18.1 Å². The predicted octanol–water partition coefficient (Wildman–Crippen LogP) is 1.28. The Balaban J connectivity index is 2.09. The number of thioether (sulfide) groups is 1. The molecule has 0 radical (unpaired) electrons. The number of nitrogens with two attached hydrogens (primary N) is 1. The Kier molecular flexibility index (Phi) is 2.74. The second-order valence-electron chi connectivity index (χ2n) is 4.34. The van der Waals surface area contributed by atoms with Gasteiger partial charge in [0.25, 0.3) is 0 Å². The highest BCUT2D eigenvalue weighted by Crippen LogP contribution is 2.40. The van der Waals surface area contributed by atoms with E-state index >= 15 is 0 Å². The Hall–Kier alpha value is -0.240.